The molecule has 0 aliphatic heterocycles. The molecule has 0 atom stereocenters. The summed E-state index contributed by atoms with van der Waals surface area (Å²) in [6.45, 7) is 8.05. The molecule has 0 unspecified atom stereocenters. The molecule has 0 rings (SSSR count). The number of carboxylic acid groups (broad SMARTS) is 1. The molecule has 3 nitrogen and oxygen atoms in total. The van der Waals surface area contributed by atoms with E-state index in [-0.39, 0.29) is 25.3 Å². The molecule has 0 heterocycles. The molecule has 0 aliphatic rings. The van der Waals surface area contributed by atoms with Gasteiger partial charge in [-0.1, -0.05) is 206 Å². The molecule has 0 aromatic heterocycles. The summed E-state index contributed by atoms with van der Waals surface area (Å²) in [5, 5.41) is 10.8. The van der Waals surface area contributed by atoms with Crippen molar-refractivity contribution in [1.29, 1.82) is 0 Å². The van der Waals surface area contributed by atoms with E-state index in [9.17, 15) is 9.90 Å². The third-order valence-corrected chi connectivity index (χ3v) is 9.76. The van der Waals surface area contributed by atoms with Crippen LogP contribution >= 0.6 is 0 Å². The first kappa shape index (κ1) is 47.1. The van der Waals surface area contributed by atoms with Gasteiger partial charge in [-0.2, -0.15) is 0 Å². The van der Waals surface area contributed by atoms with Gasteiger partial charge in [-0.25, -0.2) is 0 Å². The van der Waals surface area contributed by atoms with Crippen molar-refractivity contribution in [1.82, 2.24) is 4.90 Å². The zero-order valence-electron chi connectivity index (χ0n) is 31.6. The van der Waals surface area contributed by atoms with Gasteiger partial charge in [0, 0.05) is 5.97 Å². The van der Waals surface area contributed by atoms with Gasteiger partial charge in [0.1, 0.15) is 0 Å². The third kappa shape index (κ3) is 42.0. The van der Waals surface area contributed by atoms with Gasteiger partial charge in [-0.3, -0.25) is 0 Å². The SMILES string of the molecule is CCCCCCCCCCCCCCCCCCN(CCCCCCCCCCCCCCCCCC)CCCCC(=O)[O-].[Li+]. The Morgan fingerprint density at radius 2 is 0.556 bits per heavy atom. The fraction of sp³-hybridized carbons (Fsp3) is 0.976. The molecule has 0 saturated heterocycles. The minimum absolute atomic E-state index is 0. The summed E-state index contributed by atoms with van der Waals surface area (Å²) in [4.78, 5) is 13.4. The predicted octanol–water partition coefficient (Wildman–Crippen LogP) is 9.74. The molecule has 0 amide bonds. The van der Waals surface area contributed by atoms with Crippen molar-refractivity contribution in [2.24, 2.45) is 0 Å². The number of carboxylic acids is 1. The van der Waals surface area contributed by atoms with E-state index in [1.807, 2.05) is 0 Å². The normalized spacial score (nSPS) is 11.4. The molecule has 4 heteroatoms. The smallest absolute Gasteiger partial charge is 0.550 e. The number of unbranched alkanes of at least 4 members (excludes halogenated alkanes) is 31. The number of nitrogens with zero attached hydrogens (tertiary/aromatic N) is 1. The Hall–Kier alpha value is 0.0274. The van der Waals surface area contributed by atoms with Gasteiger partial charge in [0.25, 0.3) is 0 Å². The van der Waals surface area contributed by atoms with E-state index >= 15 is 0 Å². The van der Waals surface area contributed by atoms with Crippen LogP contribution in [0.2, 0.25) is 0 Å². The van der Waals surface area contributed by atoms with E-state index in [2.05, 4.69) is 18.7 Å². The van der Waals surface area contributed by atoms with E-state index in [1.165, 1.54) is 219 Å². The first-order valence-corrected chi connectivity index (χ1v) is 20.6. The summed E-state index contributed by atoms with van der Waals surface area (Å²) >= 11 is 0. The van der Waals surface area contributed by atoms with Crippen LogP contribution in [0.5, 0.6) is 0 Å². The van der Waals surface area contributed by atoms with Gasteiger partial charge in [0.2, 0.25) is 0 Å². The van der Waals surface area contributed by atoms with Gasteiger partial charge < -0.3 is 14.8 Å². The summed E-state index contributed by atoms with van der Waals surface area (Å²) in [6, 6.07) is 0. The quantitative estimate of drug-likeness (QED) is 0.0503. The predicted molar refractivity (Wildman–Crippen MR) is 194 cm³/mol. The first-order chi connectivity index (χ1) is 21.7. The molecular formula is C41H82LiNO2. The van der Waals surface area contributed by atoms with E-state index < -0.39 is 5.97 Å². The number of hydrogen-bond donors (Lipinski definition) is 0. The zero-order valence-corrected chi connectivity index (χ0v) is 31.6. The van der Waals surface area contributed by atoms with Crippen LogP contribution in [0.4, 0.5) is 0 Å². The molecule has 0 radical (unpaired) electrons. The van der Waals surface area contributed by atoms with Crippen molar-refractivity contribution in [2.75, 3.05) is 19.6 Å². The fourth-order valence-corrected chi connectivity index (χ4v) is 6.71. The summed E-state index contributed by atoms with van der Waals surface area (Å²) < 4.78 is 0. The van der Waals surface area contributed by atoms with Crippen molar-refractivity contribution in [3.8, 4) is 0 Å². The summed E-state index contributed by atoms with van der Waals surface area (Å²) in [5.74, 6) is -0.896. The fourth-order valence-electron chi connectivity index (χ4n) is 6.71. The van der Waals surface area contributed by atoms with Crippen molar-refractivity contribution in [3.63, 3.8) is 0 Å². The van der Waals surface area contributed by atoms with Gasteiger partial charge in [-0.05, 0) is 51.7 Å². The van der Waals surface area contributed by atoms with Gasteiger partial charge in [0.05, 0.1) is 0 Å². The maximum absolute atomic E-state index is 10.8. The van der Waals surface area contributed by atoms with E-state index in [4.69, 9.17) is 0 Å². The van der Waals surface area contributed by atoms with Crippen molar-refractivity contribution in [2.45, 2.75) is 239 Å². The van der Waals surface area contributed by atoms with Gasteiger partial charge in [-0.15, -0.1) is 0 Å². The first-order valence-electron chi connectivity index (χ1n) is 20.6. The molecule has 0 N–H and O–H groups in total. The Morgan fingerprint density at radius 1 is 0.356 bits per heavy atom. The molecule has 0 aromatic carbocycles. The second-order valence-electron chi connectivity index (χ2n) is 14.3. The second kappa shape index (κ2) is 42.1. The molecular weight excluding hydrogens is 545 g/mol. The Morgan fingerprint density at radius 3 is 0.778 bits per heavy atom. The minimum atomic E-state index is -0.896. The summed E-state index contributed by atoms with van der Waals surface area (Å²) in [5.41, 5.74) is 0. The zero-order chi connectivity index (χ0) is 32.0. The summed E-state index contributed by atoms with van der Waals surface area (Å²) in [6.07, 6.45) is 47.3. The number of rotatable bonds is 39. The third-order valence-electron chi connectivity index (χ3n) is 9.76. The molecule has 0 bridgehead atoms. The Labute approximate surface area is 296 Å². The van der Waals surface area contributed by atoms with Crippen molar-refractivity contribution < 1.29 is 28.8 Å². The average Bonchev–Trinajstić information content (AvgIpc) is 3.02. The number of carbonyl (C=O) groups excluding carboxylic acids is 1. The van der Waals surface area contributed by atoms with Crippen LogP contribution in [0.15, 0.2) is 0 Å². The maximum Gasteiger partial charge on any atom is 1.00 e. The largest absolute Gasteiger partial charge is 1.00 e. The number of hydrogen-bond acceptors (Lipinski definition) is 3. The molecule has 0 aromatic rings. The molecule has 0 aliphatic carbocycles. The molecule has 0 fully saturated rings. The topological polar surface area (TPSA) is 43.4 Å². The molecule has 45 heavy (non-hydrogen) atoms. The maximum atomic E-state index is 10.8. The van der Waals surface area contributed by atoms with Crippen LogP contribution in [-0.4, -0.2) is 30.5 Å². The van der Waals surface area contributed by atoms with Crippen LogP contribution < -0.4 is 24.0 Å². The summed E-state index contributed by atoms with van der Waals surface area (Å²) in [7, 11) is 0. The van der Waals surface area contributed by atoms with Gasteiger partial charge in [0.15, 0.2) is 0 Å². The molecule has 0 spiro atoms. The van der Waals surface area contributed by atoms with Crippen LogP contribution in [0, 0.1) is 0 Å². The Balaban J connectivity index is 0. The Bertz CT molecular complexity index is 508. The standard InChI is InChI=1S/C41H83NO2.Li/c1-3-5-7-9-11-13-15-17-19-21-23-25-27-29-31-34-38-42(40-36-33-37-41(43)44)39-35-32-30-28-26-24-22-20-18-16-14-12-10-8-6-4-2;/h3-40H2,1-2H3,(H,43,44);/q;+1/p-1. The van der Waals surface area contributed by atoms with Crippen molar-refractivity contribution in [3.05, 3.63) is 0 Å². The molecule has 0 saturated carbocycles. The second-order valence-corrected chi connectivity index (χ2v) is 14.3. The van der Waals surface area contributed by atoms with E-state index in [0.717, 1.165) is 19.4 Å². The Kier molecular flexibility index (Phi) is 44.1. The minimum Gasteiger partial charge on any atom is -0.550 e. The number of carbonyl (C=O) groups is 1. The number of aliphatic carboxylic acids is 1. The molecule has 264 valence electrons. The average molecular weight is 628 g/mol. The van der Waals surface area contributed by atoms with E-state index in [1.54, 1.807) is 0 Å². The van der Waals surface area contributed by atoms with Crippen molar-refractivity contribution >= 4 is 5.97 Å². The van der Waals surface area contributed by atoms with Crippen LogP contribution in [0.1, 0.15) is 239 Å². The van der Waals surface area contributed by atoms with Crippen LogP contribution in [-0.2, 0) is 4.79 Å². The monoisotopic (exact) mass is 628 g/mol. The van der Waals surface area contributed by atoms with Crippen LogP contribution in [0.3, 0.4) is 0 Å². The van der Waals surface area contributed by atoms with Gasteiger partial charge >= 0.3 is 18.9 Å². The van der Waals surface area contributed by atoms with E-state index in [0.29, 0.717) is 0 Å². The van der Waals surface area contributed by atoms with Crippen LogP contribution in [0.25, 0.3) is 0 Å².